The van der Waals surface area contributed by atoms with Crippen molar-refractivity contribution in [1.29, 1.82) is 0 Å². The smallest absolute Gasteiger partial charge is 0.191 e. The third kappa shape index (κ3) is 4.54. The average Bonchev–Trinajstić information content (AvgIpc) is 3.11. The van der Waals surface area contributed by atoms with Crippen LogP contribution >= 0.6 is 11.8 Å². The molecule has 0 aliphatic carbocycles. The van der Waals surface area contributed by atoms with Gasteiger partial charge in [0.1, 0.15) is 11.6 Å². The van der Waals surface area contributed by atoms with E-state index in [0.717, 1.165) is 29.4 Å². The molecule has 3 rings (SSSR count). The van der Waals surface area contributed by atoms with Gasteiger partial charge in [-0.1, -0.05) is 0 Å². The number of nitrogens with zero attached hydrogens (tertiary/aromatic N) is 1. The molecule has 132 valence electrons. The van der Waals surface area contributed by atoms with Gasteiger partial charge in [-0.2, -0.15) is 11.8 Å². The third-order valence-corrected chi connectivity index (χ3v) is 5.58. The molecule has 0 bridgehead atoms. The van der Waals surface area contributed by atoms with E-state index in [0.29, 0.717) is 24.8 Å². The molecular formula is C17H24FN3O2S. The average molecular weight is 353 g/mol. The van der Waals surface area contributed by atoms with E-state index in [1.807, 2.05) is 11.8 Å². The van der Waals surface area contributed by atoms with Crippen molar-refractivity contribution in [3.63, 3.8) is 0 Å². The molecule has 0 saturated carbocycles. The Balaban J connectivity index is 1.51. The van der Waals surface area contributed by atoms with Gasteiger partial charge in [0, 0.05) is 31.0 Å². The summed E-state index contributed by atoms with van der Waals surface area (Å²) >= 11 is 2.02. The van der Waals surface area contributed by atoms with E-state index < -0.39 is 0 Å². The van der Waals surface area contributed by atoms with E-state index in [9.17, 15) is 4.39 Å². The molecule has 5 nitrogen and oxygen atoms in total. The summed E-state index contributed by atoms with van der Waals surface area (Å²) in [5.74, 6) is 2.55. The van der Waals surface area contributed by atoms with E-state index in [2.05, 4.69) is 15.6 Å². The molecule has 2 aliphatic rings. The lowest BCUT2D eigenvalue weighted by atomic mass is 10.1. The summed E-state index contributed by atoms with van der Waals surface area (Å²) in [6, 6.07) is 3.02. The maximum absolute atomic E-state index is 13.7. The Morgan fingerprint density at radius 3 is 3.12 bits per heavy atom. The summed E-state index contributed by atoms with van der Waals surface area (Å²) in [6.45, 7) is 2.22. The Hall–Kier alpha value is -1.47. The molecule has 7 heteroatoms. The van der Waals surface area contributed by atoms with E-state index in [1.54, 1.807) is 7.05 Å². The predicted octanol–water partition coefficient (Wildman–Crippen LogP) is 2.30. The van der Waals surface area contributed by atoms with E-state index in [4.69, 9.17) is 9.47 Å². The van der Waals surface area contributed by atoms with Crippen LogP contribution in [0, 0.1) is 5.82 Å². The van der Waals surface area contributed by atoms with Gasteiger partial charge in [-0.05, 0) is 42.7 Å². The monoisotopic (exact) mass is 353 g/mol. The molecule has 1 unspecified atom stereocenters. The molecule has 1 saturated heterocycles. The number of aliphatic imine (C=N–C) groups is 1. The van der Waals surface area contributed by atoms with Gasteiger partial charge in [0.05, 0.1) is 6.61 Å². The molecule has 1 aromatic rings. The number of halogens is 1. The molecule has 2 N–H and O–H groups in total. The van der Waals surface area contributed by atoms with Crippen molar-refractivity contribution in [2.75, 3.05) is 32.7 Å². The van der Waals surface area contributed by atoms with Crippen molar-refractivity contribution in [3.8, 4) is 5.75 Å². The Labute approximate surface area is 146 Å². The van der Waals surface area contributed by atoms with Gasteiger partial charge in [0.15, 0.2) is 12.8 Å². The number of ether oxygens (including phenoxy) is 2. The lowest BCUT2D eigenvalue weighted by Crippen LogP contribution is -2.41. The second-order valence-corrected chi connectivity index (χ2v) is 7.34. The minimum atomic E-state index is -0.251. The van der Waals surface area contributed by atoms with Crippen LogP contribution in [-0.4, -0.2) is 43.9 Å². The lowest BCUT2D eigenvalue weighted by molar-refractivity contribution is -0.0172. The summed E-state index contributed by atoms with van der Waals surface area (Å²) in [4.78, 5) is 4.25. The maximum atomic E-state index is 13.7. The summed E-state index contributed by atoms with van der Waals surface area (Å²) in [6.07, 6.45) is 3.24. The SMILES string of the molecule is CN=C(NCCc1cc(F)cc2c1OCOC2)NCC1CCCS1. The standard InChI is InChI=1S/C17H24FN3O2S/c1-19-17(21-9-15-3-2-6-24-15)20-5-4-12-7-14(18)8-13-10-22-11-23-16(12)13/h7-8,15H,2-6,9-11H2,1H3,(H2,19,20,21). The van der Waals surface area contributed by atoms with Crippen LogP contribution in [0.1, 0.15) is 24.0 Å². The van der Waals surface area contributed by atoms with E-state index in [-0.39, 0.29) is 12.6 Å². The van der Waals surface area contributed by atoms with Crippen LogP contribution in [0.2, 0.25) is 0 Å². The maximum Gasteiger partial charge on any atom is 0.191 e. The predicted molar refractivity (Wildman–Crippen MR) is 95.2 cm³/mol. The van der Waals surface area contributed by atoms with Crippen molar-refractivity contribution >= 4 is 17.7 Å². The molecule has 1 aromatic carbocycles. The minimum absolute atomic E-state index is 0.224. The zero-order chi connectivity index (χ0) is 16.8. The van der Waals surface area contributed by atoms with Crippen LogP contribution in [0.15, 0.2) is 17.1 Å². The molecule has 1 atom stereocenters. The summed E-state index contributed by atoms with van der Waals surface area (Å²) in [7, 11) is 1.77. The quantitative estimate of drug-likeness (QED) is 0.628. The van der Waals surface area contributed by atoms with Gasteiger partial charge in [-0.25, -0.2) is 4.39 Å². The summed E-state index contributed by atoms with van der Waals surface area (Å²) < 4.78 is 24.5. The van der Waals surface area contributed by atoms with Crippen molar-refractivity contribution < 1.29 is 13.9 Å². The molecule has 0 spiro atoms. The highest BCUT2D eigenvalue weighted by Gasteiger charge is 2.17. The highest BCUT2D eigenvalue weighted by Crippen LogP contribution is 2.29. The Bertz CT molecular complexity index is 591. The second-order valence-electron chi connectivity index (χ2n) is 5.93. The minimum Gasteiger partial charge on any atom is -0.467 e. The normalized spacial score (nSPS) is 20.4. The third-order valence-electron chi connectivity index (χ3n) is 4.18. The molecule has 0 radical (unpaired) electrons. The Morgan fingerprint density at radius 2 is 2.33 bits per heavy atom. The number of thioether (sulfide) groups is 1. The zero-order valence-corrected chi connectivity index (χ0v) is 14.8. The topological polar surface area (TPSA) is 54.9 Å². The Morgan fingerprint density at radius 1 is 1.42 bits per heavy atom. The molecular weight excluding hydrogens is 329 g/mol. The zero-order valence-electron chi connectivity index (χ0n) is 13.9. The highest BCUT2D eigenvalue weighted by atomic mass is 32.2. The van der Waals surface area contributed by atoms with Crippen LogP contribution in [-0.2, 0) is 17.8 Å². The molecule has 2 aliphatic heterocycles. The van der Waals surface area contributed by atoms with Crippen molar-refractivity contribution in [2.45, 2.75) is 31.1 Å². The lowest BCUT2D eigenvalue weighted by Gasteiger charge is -2.21. The van der Waals surface area contributed by atoms with Gasteiger partial charge in [-0.15, -0.1) is 0 Å². The molecule has 0 aromatic heterocycles. The van der Waals surface area contributed by atoms with E-state index in [1.165, 1.54) is 30.7 Å². The number of nitrogens with one attached hydrogen (secondary N) is 2. The van der Waals surface area contributed by atoms with Gasteiger partial charge in [0.25, 0.3) is 0 Å². The van der Waals surface area contributed by atoms with Crippen LogP contribution in [0.3, 0.4) is 0 Å². The number of hydrogen-bond acceptors (Lipinski definition) is 4. The first-order chi connectivity index (χ1) is 11.8. The fourth-order valence-electron chi connectivity index (χ4n) is 2.99. The fraction of sp³-hybridized carbons (Fsp3) is 0.588. The second kappa shape index (κ2) is 8.58. The summed E-state index contributed by atoms with van der Waals surface area (Å²) in [5, 5.41) is 7.33. The van der Waals surface area contributed by atoms with Crippen molar-refractivity contribution in [1.82, 2.24) is 10.6 Å². The number of rotatable bonds is 5. The summed E-state index contributed by atoms with van der Waals surface area (Å²) in [5.41, 5.74) is 1.64. The van der Waals surface area contributed by atoms with Gasteiger partial charge in [-0.3, -0.25) is 4.99 Å². The first-order valence-corrected chi connectivity index (χ1v) is 9.39. The fourth-order valence-corrected chi connectivity index (χ4v) is 4.20. The van der Waals surface area contributed by atoms with Gasteiger partial charge in [0.2, 0.25) is 0 Å². The van der Waals surface area contributed by atoms with Gasteiger partial charge >= 0.3 is 0 Å². The van der Waals surface area contributed by atoms with E-state index >= 15 is 0 Å². The van der Waals surface area contributed by atoms with Crippen LogP contribution in [0.5, 0.6) is 5.75 Å². The number of guanidine groups is 1. The molecule has 0 amide bonds. The molecule has 2 heterocycles. The van der Waals surface area contributed by atoms with Crippen molar-refractivity contribution in [3.05, 3.63) is 29.1 Å². The van der Waals surface area contributed by atoms with Crippen LogP contribution in [0.4, 0.5) is 4.39 Å². The van der Waals surface area contributed by atoms with Crippen LogP contribution < -0.4 is 15.4 Å². The van der Waals surface area contributed by atoms with Gasteiger partial charge < -0.3 is 20.1 Å². The largest absolute Gasteiger partial charge is 0.467 e. The number of benzene rings is 1. The molecule has 1 fully saturated rings. The molecule has 24 heavy (non-hydrogen) atoms. The van der Waals surface area contributed by atoms with Crippen LogP contribution in [0.25, 0.3) is 0 Å². The Kier molecular flexibility index (Phi) is 6.20. The first kappa shape index (κ1) is 17.4. The highest BCUT2D eigenvalue weighted by molar-refractivity contribution is 8.00. The first-order valence-electron chi connectivity index (χ1n) is 8.34. The number of hydrogen-bond donors (Lipinski definition) is 2. The number of fused-ring (bicyclic) bond motifs is 1. The van der Waals surface area contributed by atoms with Crippen molar-refractivity contribution in [2.24, 2.45) is 4.99 Å².